The molecule has 2 heterocycles. The second-order valence-electron chi connectivity index (χ2n) is 7.17. The van der Waals surface area contributed by atoms with Crippen LogP contribution in [-0.4, -0.2) is 34.7 Å². The van der Waals surface area contributed by atoms with Crippen LogP contribution in [0.2, 0.25) is 0 Å². The number of hydrogen-bond donors (Lipinski definition) is 2. The van der Waals surface area contributed by atoms with E-state index in [1.165, 1.54) is 0 Å². The average molecular weight is 419 g/mol. The van der Waals surface area contributed by atoms with Gasteiger partial charge in [0.05, 0.1) is 25.3 Å². The van der Waals surface area contributed by atoms with Gasteiger partial charge in [-0.2, -0.15) is 0 Å². The number of ether oxygens (including phenoxy) is 2. The molecule has 0 saturated heterocycles. The summed E-state index contributed by atoms with van der Waals surface area (Å²) in [7, 11) is 3.11. The summed E-state index contributed by atoms with van der Waals surface area (Å²) in [4.78, 5) is 22.8. The first kappa shape index (κ1) is 20.5. The van der Waals surface area contributed by atoms with E-state index in [9.17, 15) is 4.79 Å². The Morgan fingerprint density at radius 3 is 2.45 bits per heavy atom. The number of unbranched alkanes of at least 4 members (excludes halogenated alkanes) is 1. The third-order valence-electron chi connectivity index (χ3n) is 5.20. The molecular weight excluding hydrogens is 394 g/mol. The van der Waals surface area contributed by atoms with Crippen molar-refractivity contribution < 1.29 is 14.3 Å². The van der Waals surface area contributed by atoms with Crippen molar-refractivity contribution in [1.82, 2.24) is 14.5 Å². The molecule has 0 radical (unpaired) electrons. The van der Waals surface area contributed by atoms with E-state index in [1.54, 1.807) is 32.4 Å². The molecule has 2 aromatic heterocycles. The van der Waals surface area contributed by atoms with Crippen molar-refractivity contribution in [2.75, 3.05) is 25.3 Å². The maximum absolute atomic E-state index is 13.3. The van der Waals surface area contributed by atoms with Crippen molar-refractivity contribution in [2.45, 2.75) is 26.3 Å². The molecule has 4 aromatic rings. The van der Waals surface area contributed by atoms with Gasteiger partial charge in [-0.1, -0.05) is 25.5 Å². The van der Waals surface area contributed by atoms with Crippen molar-refractivity contribution in [3.8, 4) is 11.5 Å². The number of nitrogens with two attached hydrogens (primary N) is 1. The molecule has 8 nitrogen and oxygen atoms in total. The minimum Gasteiger partial charge on any atom is -0.493 e. The number of aromatic nitrogens is 3. The molecule has 1 amide bonds. The van der Waals surface area contributed by atoms with E-state index in [2.05, 4.69) is 12.2 Å². The van der Waals surface area contributed by atoms with Gasteiger partial charge in [-0.05, 0) is 30.7 Å². The van der Waals surface area contributed by atoms with Crippen LogP contribution in [0.5, 0.6) is 11.5 Å². The summed E-state index contributed by atoms with van der Waals surface area (Å²) in [6, 6.07) is 12.8. The van der Waals surface area contributed by atoms with Crippen LogP contribution in [0.15, 0.2) is 42.5 Å². The summed E-state index contributed by atoms with van der Waals surface area (Å²) in [5.74, 6) is 1.10. The van der Waals surface area contributed by atoms with Crippen molar-refractivity contribution in [3.63, 3.8) is 0 Å². The fourth-order valence-electron chi connectivity index (χ4n) is 3.59. The van der Waals surface area contributed by atoms with Gasteiger partial charge in [0, 0.05) is 18.3 Å². The van der Waals surface area contributed by atoms with E-state index in [-0.39, 0.29) is 5.91 Å². The van der Waals surface area contributed by atoms with Crippen molar-refractivity contribution in [3.05, 3.63) is 48.0 Å². The minimum atomic E-state index is -0.352. The van der Waals surface area contributed by atoms with Gasteiger partial charge < -0.3 is 25.1 Å². The SMILES string of the molecule is CCCCn1c(N)c(C(=O)Nc2ccc(OC)c(OC)c2)c2nc3ccccc3nc21. The van der Waals surface area contributed by atoms with Crippen molar-refractivity contribution >= 4 is 39.6 Å². The number of fused-ring (bicyclic) bond motifs is 2. The fourth-order valence-corrected chi connectivity index (χ4v) is 3.59. The highest BCUT2D eigenvalue weighted by molar-refractivity contribution is 6.16. The largest absolute Gasteiger partial charge is 0.493 e. The molecule has 8 heteroatoms. The molecule has 0 unspecified atom stereocenters. The van der Waals surface area contributed by atoms with Crippen LogP contribution in [0.25, 0.3) is 22.2 Å². The highest BCUT2D eigenvalue weighted by atomic mass is 16.5. The van der Waals surface area contributed by atoms with Gasteiger partial charge >= 0.3 is 0 Å². The van der Waals surface area contributed by atoms with Crippen LogP contribution in [0.3, 0.4) is 0 Å². The topological polar surface area (TPSA) is 104 Å². The van der Waals surface area contributed by atoms with Crippen LogP contribution < -0.4 is 20.5 Å². The molecule has 0 aliphatic rings. The van der Waals surface area contributed by atoms with Gasteiger partial charge in [0.2, 0.25) is 0 Å². The zero-order valence-corrected chi connectivity index (χ0v) is 17.8. The van der Waals surface area contributed by atoms with Gasteiger partial charge in [-0.15, -0.1) is 0 Å². The number of anilines is 2. The molecule has 0 fully saturated rings. The number of hydrogen-bond acceptors (Lipinski definition) is 6. The van der Waals surface area contributed by atoms with Crippen LogP contribution in [0.4, 0.5) is 11.5 Å². The van der Waals surface area contributed by atoms with Crippen LogP contribution in [-0.2, 0) is 6.54 Å². The lowest BCUT2D eigenvalue weighted by molar-refractivity contribution is 0.102. The van der Waals surface area contributed by atoms with Gasteiger partial charge in [0.1, 0.15) is 16.9 Å². The molecule has 0 aliphatic heterocycles. The number of rotatable bonds is 7. The first-order valence-electron chi connectivity index (χ1n) is 10.1. The number of para-hydroxylation sites is 2. The van der Waals surface area contributed by atoms with Crippen LogP contribution in [0, 0.1) is 0 Å². The maximum Gasteiger partial charge on any atom is 0.261 e. The quantitative estimate of drug-likeness (QED) is 0.464. The zero-order chi connectivity index (χ0) is 22.0. The molecule has 3 N–H and O–H groups in total. The molecule has 31 heavy (non-hydrogen) atoms. The molecule has 0 atom stereocenters. The van der Waals surface area contributed by atoms with E-state index < -0.39 is 0 Å². The van der Waals surface area contributed by atoms with Crippen LogP contribution in [0.1, 0.15) is 30.1 Å². The molecule has 0 aliphatic carbocycles. The Hall–Kier alpha value is -3.81. The monoisotopic (exact) mass is 419 g/mol. The van der Waals surface area contributed by atoms with E-state index >= 15 is 0 Å². The number of carbonyl (C=O) groups is 1. The van der Waals surface area contributed by atoms with E-state index in [0.29, 0.717) is 51.8 Å². The number of benzene rings is 2. The van der Waals surface area contributed by atoms with Gasteiger partial charge in [-0.3, -0.25) is 4.79 Å². The predicted molar refractivity (Wildman–Crippen MR) is 122 cm³/mol. The second-order valence-corrected chi connectivity index (χ2v) is 7.17. The standard InChI is InChI=1S/C23H25N5O3/c1-4-5-12-28-21(24)19(20-22(28)27-16-9-7-6-8-15(16)26-20)23(29)25-14-10-11-17(30-2)18(13-14)31-3/h6-11,13H,4-5,12,24H2,1-3H3,(H,25,29). The summed E-state index contributed by atoms with van der Waals surface area (Å²) in [6.07, 6.45) is 1.91. The lowest BCUT2D eigenvalue weighted by Gasteiger charge is -2.11. The lowest BCUT2D eigenvalue weighted by Crippen LogP contribution is -2.15. The molecule has 0 spiro atoms. The maximum atomic E-state index is 13.3. The molecular formula is C23H25N5O3. The number of methoxy groups -OCH3 is 2. The Kier molecular flexibility index (Phi) is 5.62. The first-order valence-corrected chi connectivity index (χ1v) is 10.1. The summed E-state index contributed by atoms with van der Waals surface area (Å²) in [5, 5.41) is 2.90. The minimum absolute atomic E-state index is 0.319. The summed E-state index contributed by atoms with van der Waals surface area (Å²) in [6.45, 7) is 2.77. The van der Waals surface area contributed by atoms with Gasteiger partial charge in [-0.25, -0.2) is 9.97 Å². The number of carbonyl (C=O) groups excluding carboxylic acids is 1. The Balaban J connectivity index is 1.81. The van der Waals surface area contributed by atoms with Gasteiger partial charge in [0.25, 0.3) is 5.91 Å². The van der Waals surface area contributed by atoms with Crippen molar-refractivity contribution in [1.29, 1.82) is 0 Å². The Morgan fingerprint density at radius 2 is 1.77 bits per heavy atom. The number of nitrogen functional groups attached to an aromatic ring is 1. The smallest absolute Gasteiger partial charge is 0.261 e. The zero-order valence-electron chi connectivity index (χ0n) is 17.8. The molecule has 4 rings (SSSR count). The predicted octanol–water partition coefficient (Wildman–Crippen LogP) is 4.24. The molecule has 160 valence electrons. The number of nitrogens with zero attached hydrogens (tertiary/aromatic N) is 3. The molecule has 0 saturated carbocycles. The van der Waals surface area contributed by atoms with E-state index in [1.807, 2.05) is 28.8 Å². The summed E-state index contributed by atoms with van der Waals surface area (Å²) >= 11 is 0. The molecule has 0 bridgehead atoms. The number of aryl methyl sites for hydroxylation is 1. The Morgan fingerprint density at radius 1 is 1.06 bits per heavy atom. The Bertz CT molecular complexity index is 1270. The summed E-state index contributed by atoms with van der Waals surface area (Å²) in [5.41, 5.74) is 9.91. The third-order valence-corrected chi connectivity index (χ3v) is 5.20. The highest BCUT2D eigenvalue weighted by Gasteiger charge is 2.24. The van der Waals surface area contributed by atoms with Gasteiger partial charge in [0.15, 0.2) is 17.1 Å². The third kappa shape index (κ3) is 3.72. The second kappa shape index (κ2) is 8.51. The number of nitrogens with one attached hydrogen (secondary N) is 1. The average Bonchev–Trinajstić information content (AvgIpc) is 3.06. The number of amides is 1. The first-order chi connectivity index (χ1) is 15.1. The lowest BCUT2D eigenvalue weighted by atomic mass is 10.2. The fraction of sp³-hybridized carbons (Fsp3) is 0.261. The van der Waals surface area contributed by atoms with E-state index in [0.717, 1.165) is 18.4 Å². The normalized spacial score (nSPS) is 11.1. The summed E-state index contributed by atoms with van der Waals surface area (Å²) < 4.78 is 12.5. The highest BCUT2D eigenvalue weighted by Crippen LogP contribution is 2.32. The molecule has 2 aromatic carbocycles. The van der Waals surface area contributed by atoms with Crippen LogP contribution >= 0.6 is 0 Å². The van der Waals surface area contributed by atoms with E-state index in [4.69, 9.17) is 25.2 Å². The van der Waals surface area contributed by atoms with Crippen molar-refractivity contribution in [2.24, 2.45) is 0 Å². The Labute approximate surface area is 180 Å².